The summed E-state index contributed by atoms with van der Waals surface area (Å²) in [7, 11) is 0. The second kappa shape index (κ2) is 7.53. The molecule has 1 aliphatic heterocycles. The molecule has 1 atom stereocenters. The summed E-state index contributed by atoms with van der Waals surface area (Å²) in [5.74, 6) is 0.145. The zero-order valence-electron chi connectivity index (χ0n) is 9.70. The first-order chi connectivity index (χ1) is 7.25. The van der Waals surface area contributed by atoms with Crippen molar-refractivity contribution in [2.75, 3.05) is 19.6 Å². The summed E-state index contributed by atoms with van der Waals surface area (Å²) in [6, 6.07) is 2.22. The Labute approximate surface area is 113 Å². The highest BCUT2D eigenvalue weighted by atomic mass is 35.5. The molecule has 0 aliphatic carbocycles. The molecule has 1 fully saturated rings. The molecule has 1 aromatic heterocycles. The number of piperazine rings is 1. The van der Waals surface area contributed by atoms with Crippen molar-refractivity contribution in [3.63, 3.8) is 0 Å². The lowest BCUT2D eigenvalue weighted by Gasteiger charge is -2.31. The molecule has 2 rings (SSSR count). The van der Waals surface area contributed by atoms with E-state index in [1.54, 1.807) is 10.9 Å². The molecule has 1 aliphatic rings. The number of halogens is 2. The Balaban J connectivity index is 0.00000128. The van der Waals surface area contributed by atoms with Gasteiger partial charge >= 0.3 is 0 Å². The molecule has 0 aromatic carbocycles. The van der Waals surface area contributed by atoms with Crippen LogP contribution in [0.4, 0.5) is 0 Å². The molecule has 0 spiro atoms. The highest BCUT2D eigenvalue weighted by Crippen LogP contribution is 2.00. The van der Waals surface area contributed by atoms with Gasteiger partial charge < -0.3 is 10.2 Å². The monoisotopic (exact) mass is 280 g/mol. The zero-order valence-corrected chi connectivity index (χ0v) is 11.3. The van der Waals surface area contributed by atoms with Crippen molar-refractivity contribution in [2.45, 2.75) is 19.5 Å². The molecule has 1 aromatic rings. The Morgan fingerprint density at radius 3 is 2.88 bits per heavy atom. The van der Waals surface area contributed by atoms with Gasteiger partial charge in [0.15, 0.2) is 0 Å². The SMILES string of the molecule is C[C@H]1CN(C(=O)Cn2cccn2)CCN1.Cl.Cl. The lowest BCUT2D eigenvalue weighted by atomic mass is 10.2. The van der Waals surface area contributed by atoms with Gasteiger partial charge in [0.2, 0.25) is 5.91 Å². The van der Waals surface area contributed by atoms with Crippen molar-refractivity contribution in [3.05, 3.63) is 18.5 Å². The lowest BCUT2D eigenvalue weighted by Crippen LogP contribution is -2.52. The van der Waals surface area contributed by atoms with Crippen LogP contribution in [-0.4, -0.2) is 46.3 Å². The molecule has 17 heavy (non-hydrogen) atoms. The third kappa shape index (κ3) is 4.53. The molecule has 0 radical (unpaired) electrons. The van der Waals surface area contributed by atoms with E-state index in [4.69, 9.17) is 0 Å². The summed E-state index contributed by atoms with van der Waals surface area (Å²) < 4.78 is 1.66. The van der Waals surface area contributed by atoms with Crippen molar-refractivity contribution in [3.8, 4) is 0 Å². The van der Waals surface area contributed by atoms with Crippen LogP contribution in [0, 0.1) is 0 Å². The lowest BCUT2D eigenvalue weighted by molar-refractivity contribution is -0.133. The number of nitrogens with one attached hydrogen (secondary N) is 1. The van der Waals surface area contributed by atoms with E-state index in [-0.39, 0.29) is 30.7 Å². The maximum atomic E-state index is 11.8. The van der Waals surface area contributed by atoms with Gasteiger partial charge in [0.1, 0.15) is 6.54 Å². The minimum absolute atomic E-state index is 0. The summed E-state index contributed by atoms with van der Waals surface area (Å²) >= 11 is 0. The van der Waals surface area contributed by atoms with Crippen LogP contribution < -0.4 is 5.32 Å². The van der Waals surface area contributed by atoms with Gasteiger partial charge in [-0.3, -0.25) is 9.48 Å². The van der Waals surface area contributed by atoms with Crippen LogP contribution >= 0.6 is 24.8 Å². The first kappa shape index (κ1) is 16.2. The topological polar surface area (TPSA) is 50.2 Å². The number of hydrogen-bond donors (Lipinski definition) is 1. The van der Waals surface area contributed by atoms with Gasteiger partial charge in [-0.05, 0) is 13.0 Å². The predicted octanol–water partition coefficient (Wildman–Crippen LogP) is 0.547. The van der Waals surface area contributed by atoms with Crippen molar-refractivity contribution in [1.29, 1.82) is 0 Å². The number of amides is 1. The van der Waals surface area contributed by atoms with Gasteiger partial charge in [0.25, 0.3) is 0 Å². The molecule has 0 bridgehead atoms. The molecule has 5 nitrogen and oxygen atoms in total. The number of hydrogen-bond acceptors (Lipinski definition) is 3. The molecule has 1 saturated heterocycles. The van der Waals surface area contributed by atoms with Crippen LogP contribution in [0.1, 0.15) is 6.92 Å². The Kier molecular flexibility index (Phi) is 7.18. The first-order valence-corrected chi connectivity index (χ1v) is 5.24. The number of carbonyl (C=O) groups excluding carboxylic acids is 1. The number of rotatable bonds is 2. The summed E-state index contributed by atoms with van der Waals surface area (Å²) in [5.41, 5.74) is 0. The molecule has 1 amide bonds. The van der Waals surface area contributed by atoms with Crippen molar-refractivity contribution >= 4 is 30.7 Å². The standard InChI is InChI=1S/C10H16N4O.2ClH/c1-9-7-13(6-4-11-9)10(15)8-14-5-2-3-12-14;;/h2-3,5,9,11H,4,6-8H2,1H3;2*1H/t9-;;/m0../s1. The normalized spacial score (nSPS) is 19.1. The molecular weight excluding hydrogens is 263 g/mol. The van der Waals surface area contributed by atoms with E-state index >= 15 is 0 Å². The Hall–Kier alpha value is -0.780. The summed E-state index contributed by atoms with van der Waals surface area (Å²) in [5, 5.41) is 7.33. The van der Waals surface area contributed by atoms with E-state index in [1.807, 2.05) is 17.2 Å². The molecule has 2 heterocycles. The fourth-order valence-electron chi connectivity index (χ4n) is 1.79. The maximum Gasteiger partial charge on any atom is 0.244 e. The number of aromatic nitrogens is 2. The minimum Gasteiger partial charge on any atom is -0.338 e. The molecule has 1 N–H and O–H groups in total. The van der Waals surface area contributed by atoms with E-state index in [2.05, 4.69) is 17.3 Å². The van der Waals surface area contributed by atoms with E-state index in [0.29, 0.717) is 12.6 Å². The van der Waals surface area contributed by atoms with Gasteiger partial charge in [-0.25, -0.2) is 0 Å². The summed E-state index contributed by atoms with van der Waals surface area (Å²) in [6.45, 7) is 4.91. The van der Waals surface area contributed by atoms with Gasteiger partial charge in [-0.1, -0.05) is 0 Å². The van der Waals surface area contributed by atoms with Gasteiger partial charge in [0.05, 0.1) is 0 Å². The quantitative estimate of drug-likeness (QED) is 0.861. The molecule has 98 valence electrons. The Morgan fingerprint density at radius 2 is 2.29 bits per heavy atom. The minimum atomic E-state index is 0. The fraction of sp³-hybridized carbons (Fsp3) is 0.600. The van der Waals surface area contributed by atoms with E-state index < -0.39 is 0 Å². The zero-order chi connectivity index (χ0) is 10.7. The van der Waals surface area contributed by atoms with E-state index in [0.717, 1.165) is 19.6 Å². The Bertz CT molecular complexity index is 331. The number of nitrogens with zero attached hydrogens (tertiary/aromatic N) is 3. The van der Waals surface area contributed by atoms with Crippen LogP contribution in [0.3, 0.4) is 0 Å². The largest absolute Gasteiger partial charge is 0.338 e. The van der Waals surface area contributed by atoms with Gasteiger partial charge in [0, 0.05) is 38.1 Å². The van der Waals surface area contributed by atoms with Crippen molar-refractivity contribution in [1.82, 2.24) is 20.0 Å². The average Bonchev–Trinajstić information content (AvgIpc) is 2.70. The highest BCUT2D eigenvalue weighted by molar-refractivity contribution is 5.85. The van der Waals surface area contributed by atoms with Crippen LogP contribution in [0.5, 0.6) is 0 Å². The molecule has 0 unspecified atom stereocenters. The third-order valence-electron chi connectivity index (χ3n) is 2.58. The highest BCUT2D eigenvalue weighted by Gasteiger charge is 2.20. The predicted molar refractivity (Wildman–Crippen MR) is 70.8 cm³/mol. The fourth-order valence-corrected chi connectivity index (χ4v) is 1.79. The summed E-state index contributed by atoms with van der Waals surface area (Å²) in [4.78, 5) is 13.7. The van der Waals surface area contributed by atoms with Crippen LogP contribution in [-0.2, 0) is 11.3 Å². The van der Waals surface area contributed by atoms with E-state index in [1.165, 1.54) is 0 Å². The molecular formula is C10H18Cl2N4O. The molecule has 7 heteroatoms. The molecule has 0 saturated carbocycles. The first-order valence-electron chi connectivity index (χ1n) is 5.24. The number of carbonyl (C=O) groups is 1. The maximum absolute atomic E-state index is 11.8. The second-order valence-electron chi connectivity index (χ2n) is 3.90. The van der Waals surface area contributed by atoms with Crippen LogP contribution in [0.2, 0.25) is 0 Å². The summed E-state index contributed by atoms with van der Waals surface area (Å²) in [6.07, 6.45) is 3.50. The van der Waals surface area contributed by atoms with E-state index in [9.17, 15) is 4.79 Å². The van der Waals surface area contributed by atoms with Crippen molar-refractivity contribution < 1.29 is 4.79 Å². The van der Waals surface area contributed by atoms with Crippen molar-refractivity contribution in [2.24, 2.45) is 0 Å². The second-order valence-corrected chi connectivity index (χ2v) is 3.90. The van der Waals surface area contributed by atoms with Gasteiger partial charge in [-0.2, -0.15) is 5.10 Å². The Morgan fingerprint density at radius 1 is 1.53 bits per heavy atom. The van der Waals surface area contributed by atoms with Crippen LogP contribution in [0.15, 0.2) is 18.5 Å². The smallest absolute Gasteiger partial charge is 0.244 e. The van der Waals surface area contributed by atoms with Crippen LogP contribution in [0.25, 0.3) is 0 Å². The third-order valence-corrected chi connectivity index (χ3v) is 2.58. The average molecular weight is 281 g/mol. The van der Waals surface area contributed by atoms with Gasteiger partial charge in [-0.15, -0.1) is 24.8 Å².